The van der Waals surface area contributed by atoms with Crippen molar-refractivity contribution in [3.63, 3.8) is 0 Å². The van der Waals surface area contributed by atoms with Gasteiger partial charge in [0.15, 0.2) is 6.61 Å². The first-order valence-corrected chi connectivity index (χ1v) is 5.94. The van der Waals surface area contributed by atoms with E-state index in [0.717, 1.165) is 5.56 Å². The Morgan fingerprint density at radius 3 is 2.95 bits per heavy atom. The molecule has 98 valence electrons. The standard InChI is InChI=1S/C14H13NO4/c1-8-4-5-18-14(8)13(17)9-2-3-11-10(6-9)15-12(16)7-19-11/h2-6,13,17H,7H2,1H3,(H,15,16). The van der Waals surface area contributed by atoms with E-state index in [1.165, 1.54) is 6.26 Å². The topological polar surface area (TPSA) is 71.7 Å². The molecular weight excluding hydrogens is 246 g/mol. The van der Waals surface area contributed by atoms with Gasteiger partial charge in [-0.25, -0.2) is 0 Å². The molecule has 19 heavy (non-hydrogen) atoms. The molecule has 0 saturated carbocycles. The summed E-state index contributed by atoms with van der Waals surface area (Å²) >= 11 is 0. The van der Waals surface area contributed by atoms with Gasteiger partial charge >= 0.3 is 0 Å². The summed E-state index contributed by atoms with van der Waals surface area (Å²) in [6, 6.07) is 6.97. The highest BCUT2D eigenvalue weighted by Gasteiger charge is 2.21. The lowest BCUT2D eigenvalue weighted by molar-refractivity contribution is -0.118. The maximum Gasteiger partial charge on any atom is 0.262 e. The average Bonchev–Trinajstić information content (AvgIpc) is 2.83. The highest BCUT2D eigenvalue weighted by atomic mass is 16.5. The second-order valence-corrected chi connectivity index (χ2v) is 4.46. The number of furan rings is 1. The summed E-state index contributed by atoms with van der Waals surface area (Å²) in [5, 5.41) is 13.0. The number of carbonyl (C=O) groups is 1. The van der Waals surface area contributed by atoms with Crippen LogP contribution in [-0.4, -0.2) is 17.6 Å². The average molecular weight is 259 g/mol. The largest absolute Gasteiger partial charge is 0.482 e. The molecule has 0 aliphatic carbocycles. The molecule has 2 N–H and O–H groups in total. The maximum atomic E-state index is 11.3. The zero-order chi connectivity index (χ0) is 13.4. The van der Waals surface area contributed by atoms with Crippen LogP contribution in [0.3, 0.4) is 0 Å². The highest BCUT2D eigenvalue weighted by molar-refractivity contribution is 5.95. The molecular formula is C14H13NO4. The van der Waals surface area contributed by atoms with Crippen LogP contribution in [0.1, 0.15) is 23.0 Å². The Balaban J connectivity index is 1.96. The van der Waals surface area contributed by atoms with Gasteiger partial charge in [-0.1, -0.05) is 6.07 Å². The molecule has 2 aromatic rings. The molecule has 1 aliphatic heterocycles. The predicted molar refractivity (Wildman–Crippen MR) is 68.1 cm³/mol. The summed E-state index contributed by atoms with van der Waals surface area (Å²) < 4.78 is 10.5. The lowest BCUT2D eigenvalue weighted by Crippen LogP contribution is -2.25. The van der Waals surface area contributed by atoms with Gasteiger partial charge in [-0.05, 0) is 36.2 Å². The lowest BCUT2D eigenvalue weighted by atomic mass is 10.0. The number of anilines is 1. The number of aryl methyl sites for hydroxylation is 1. The molecule has 0 saturated heterocycles. The van der Waals surface area contributed by atoms with Gasteiger partial charge in [-0.3, -0.25) is 4.79 Å². The van der Waals surface area contributed by atoms with E-state index in [9.17, 15) is 9.90 Å². The smallest absolute Gasteiger partial charge is 0.262 e. The van der Waals surface area contributed by atoms with Crippen LogP contribution in [0, 0.1) is 6.92 Å². The van der Waals surface area contributed by atoms with Crippen LogP contribution in [-0.2, 0) is 4.79 Å². The zero-order valence-corrected chi connectivity index (χ0v) is 10.3. The van der Waals surface area contributed by atoms with Gasteiger partial charge in [-0.15, -0.1) is 0 Å². The Kier molecular flexibility index (Phi) is 2.76. The van der Waals surface area contributed by atoms with Gasteiger partial charge in [0.05, 0.1) is 12.0 Å². The fourth-order valence-electron chi connectivity index (χ4n) is 2.09. The molecule has 1 aromatic heterocycles. The van der Waals surface area contributed by atoms with Crippen LogP contribution in [0.4, 0.5) is 5.69 Å². The number of rotatable bonds is 2. The first kappa shape index (κ1) is 11.8. The number of hydrogen-bond acceptors (Lipinski definition) is 4. The summed E-state index contributed by atoms with van der Waals surface area (Å²) in [6.07, 6.45) is 0.677. The van der Waals surface area contributed by atoms with E-state index >= 15 is 0 Å². The Morgan fingerprint density at radius 1 is 1.37 bits per heavy atom. The second-order valence-electron chi connectivity index (χ2n) is 4.46. The molecule has 3 rings (SSSR count). The third-order valence-electron chi connectivity index (χ3n) is 3.10. The molecule has 0 spiro atoms. The van der Waals surface area contributed by atoms with E-state index in [0.29, 0.717) is 22.8 Å². The molecule has 5 heteroatoms. The van der Waals surface area contributed by atoms with Crippen molar-refractivity contribution in [2.45, 2.75) is 13.0 Å². The fourth-order valence-corrected chi connectivity index (χ4v) is 2.09. The first-order chi connectivity index (χ1) is 9.15. The van der Waals surface area contributed by atoms with Crippen molar-refractivity contribution in [1.82, 2.24) is 0 Å². The number of nitrogens with one attached hydrogen (secondary N) is 1. The number of benzene rings is 1. The minimum absolute atomic E-state index is 0.0200. The predicted octanol–water partition coefficient (Wildman–Crippen LogP) is 2.00. The number of carbonyl (C=O) groups excluding carboxylic acids is 1. The van der Waals surface area contributed by atoms with Crippen molar-refractivity contribution in [3.8, 4) is 5.75 Å². The maximum absolute atomic E-state index is 11.3. The quantitative estimate of drug-likeness (QED) is 0.865. The summed E-state index contributed by atoms with van der Waals surface area (Å²) in [6.45, 7) is 1.89. The Bertz CT molecular complexity index is 632. The van der Waals surface area contributed by atoms with Gasteiger partial charge in [-0.2, -0.15) is 0 Å². The number of amides is 1. The first-order valence-electron chi connectivity index (χ1n) is 5.94. The van der Waals surface area contributed by atoms with Crippen molar-refractivity contribution < 1.29 is 19.1 Å². The van der Waals surface area contributed by atoms with Gasteiger partial charge in [0, 0.05) is 0 Å². The van der Waals surface area contributed by atoms with Crippen LogP contribution in [0.15, 0.2) is 34.9 Å². The van der Waals surface area contributed by atoms with Crippen LogP contribution in [0.5, 0.6) is 5.75 Å². The van der Waals surface area contributed by atoms with Crippen LogP contribution in [0.25, 0.3) is 0 Å². The molecule has 1 atom stereocenters. The van der Waals surface area contributed by atoms with E-state index < -0.39 is 6.10 Å². The normalized spacial score (nSPS) is 15.4. The number of aliphatic hydroxyl groups is 1. The zero-order valence-electron chi connectivity index (χ0n) is 10.3. The number of hydrogen-bond donors (Lipinski definition) is 2. The number of ether oxygens (including phenoxy) is 1. The second kappa shape index (κ2) is 4.44. The van der Waals surface area contributed by atoms with Crippen molar-refractivity contribution in [2.75, 3.05) is 11.9 Å². The van der Waals surface area contributed by atoms with Gasteiger partial charge < -0.3 is 19.6 Å². The minimum atomic E-state index is -0.862. The minimum Gasteiger partial charge on any atom is -0.482 e. The van der Waals surface area contributed by atoms with E-state index in [-0.39, 0.29) is 12.5 Å². The SMILES string of the molecule is Cc1ccoc1C(O)c1ccc2c(c1)NC(=O)CO2. The fraction of sp³-hybridized carbons (Fsp3) is 0.214. The summed E-state index contributed by atoms with van der Waals surface area (Å²) in [5.41, 5.74) is 2.09. The molecule has 5 nitrogen and oxygen atoms in total. The Labute approximate surface area is 109 Å². The van der Waals surface area contributed by atoms with Crippen molar-refractivity contribution >= 4 is 11.6 Å². The molecule has 1 amide bonds. The third kappa shape index (κ3) is 2.08. The molecule has 1 aliphatic rings. The van der Waals surface area contributed by atoms with Gasteiger partial charge in [0.1, 0.15) is 17.6 Å². The van der Waals surface area contributed by atoms with E-state index in [1.54, 1.807) is 24.3 Å². The summed E-state index contributed by atoms with van der Waals surface area (Å²) in [7, 11) is 0. The number of aliphatic hydroxyl groups excluding tert-OH is 1. The van der Waals surface area contributed by atoms with Gasteiger partial charge in [0.2, 0.25) is 0 Å². The molecule has 0 fully saturated rings. The van der Waals surface area contributed by atoms with E-state index in [2.05, 4.69) is 5.32 Å². The van der Waals surface area contributed by atoms with Gasteiger partial charge in [0.25, 0.3) is 5.91 Å². The monoisotopic (exact) mass is 259 g/mol. The van der Waals surface area contributed by atoms with Crippen LogP contribution < -0.4 is 10.1 Å². The lowest BCUT2D eigenvalue weighted by Gasteiger charge is -2.19. The van der Waals surface area contributed by atoms with Crippen LogP contribution >= 0.6 is 0 Å². The molecule has 1 aromatic carbocycles. The van der Waals surface area contributed by atoms with Crippen molar-refractivity contribution in [2.24, 2.45) is 0 Å². The summed E-state index contributed by atoms with van der Waals surface area (Å²) in [5.74, 6) is 0.906. The van der Waals surface area contributed by atoms with Crippen LogP contribution in [0.2, 0.25) is 0 Å². The number of fused-ring (bicyclic) bond motifs is 1. The van der Waals surface area contributed by atoms with E-state index in [4.69, 9.17) is 9.15 Å². The molecule has 0 radical (unpaired) electrons. The van der Waals surface area contributed by atoms with E-state index in [1.807, 2.05) is 6.92 Å². The Hall–Kier alpha value is -2.27. The van der Waals surface area contributed by atoms with Crippen molar-refractivity contribution in [3.05, 3.63) is 47.4 Å². The molecule has 1 unspecified atom stereocenters. The molecule has 0 bridgehead atoms. The van der Waals surface area contributed by atoms with Crippen molar-refractivity contribution in [1.29, 1.82) is 0 Å². The third-order valence-corrected chi connectivity index (χ3v) is 3.10. The summed E-state index contributed by atoms with van der Waals surface area (Å²) in [4.78, 5) is 11.3. The Morgan fingerprint density at radius 2 is 2.21 bits per heavy atom. The molecule has 2 heterocycles. The highest BCUT2D eigenvalue weighted by Crippen LogP contribution is 2.33.